The van der Waals surface area contributed by atoms with Crippen LogP contribution in [0.3, 0.4) is 0 Å². The van der Waals surface area contributed by atoms with Gasteiger partial charge in [0.05, 0.1) is 42.2 Å². The van der Waals surface area contributed by atoms with E-state index in [2.05, 4.69) is 20.6 Å². The Kier molecular flexibility index (Phi) is 6.17. The fourth-order valence-corrected chi connectivity index (χ4v) is 3.49. The number of para-hydroxylation sites is 1. The highest BCUT2D eigenvalue weighted by Gasteiger charge is 2.19. The summed E-state index contributed by atoms with van der Waals surface area (Å²) in [5, 5.41) is 6.74. The van der Waals surface area contributed by atoms with Crippen LogP contribution < -0.4 is 15.4 Å². The Labute approximate surface area is 190 Å². The van der Waals surface area contributed by atoms with E-state index in [1.807, 2.05) is 36.4 Å². The lowest BCUT2D eigenvalue weighted by molar-refractivity contribution is 0.0600. The van der Waals surface area contributed by atoms with Gasteiger partial charge in [-0.05, 0) is 30.3 Å². The van der Waals surface area contributed by atoms with Crippen molar-refractivity contribution in [2.24, 2.45) is 0 Å². The van der Waals surface area contributed by atoms with Crippen molar-refractivity contribution in [2.75, 3.05) is 26.6 Å². The summed E-state index contributed by atoms with van der Waals surface area (Å²) in [6.07, 6.45) is 2.99. The van der Waals surface area contributed by atoms with Crippen molar-refractivity contribution in [1.82, 2.24) is 15.3 Å². The van der Waals surface area contributed by atoms with Crippen molar-refractivity contribution in [3.05, 3.63) is 78.1 Å². The first-order valence-corrected chi connectivity index (χ1v) is 10.2. The van der Waals surface area contributed by atoms with Gasteiger partial charge in [0, 0.05) is 42.1 Å². The smallest absolute Gasteiger partial charge is 0.339 e. The fraction of sp³-hybridized carbons (Fsp3) is 0.120. The van der Waals surface area contributed by atoms with Crippen LogP contribution in [0.4, 0.5) is 11.4 Å². The standard InChI is InChI=1S/C25H22N4O4/c1-26-24(30)19-14-28-21-12-22(32-2)17(20-10-9-15(13-27-20)25(31)33-3)11-18(21)23(19)29-16-7-5-4-6-8-16/h4-14H,1-3H3,(H,26,30)(H,28,29). The Balaban J connectivity index is 1.92. The summed E-state index contributed by atoms with van der Waals surface area (Å²) in [4.78, 5) is 33.3. The average molecular weight is 442 g/mol. The molecule has 0 aliphatic rings. The van der Waals surface area contributed by atoms with Crippen LogP contribution in [-0.4, -0.2) is 43.1 Å². The molecular formula is C25H22N4O4. The number of nitrogens with zero attached hydrogens (tertiary/aromatic N) is 2. The number of pyridine rings is 2. The summed E-state index contributed by atoms with van der Waals surface area (Å²) in [6, 6.07) is 16.6. The summed E-state index contributed by atoms with van der Waals surface area (Å²) in [5.74, 6) is -0.166. The molecule has 33 heavy (non-hydrogen) atoms. The number of ether oxygens (including phenoxy) is 2. The molecule has 1 amide bonds. The van der Waals surface area contributed by atoms with Gasteiger partial charge in [-0.15, -0.1) is 0 Å². The van der Waals surface area contributed by atoms with E-state index in [9.17, 15) is 9.59 Å². The molecule has 166 valence electrons. The van der Waals surface area contributed by atoms with Crippen LogP contribution in [0.5, 0.6) is 5.75 Å². The number of methoxy groups -OCH3 is 2. The molecule has 2 N–H and O–H groups in total. The van der Waals surface area contributed by atoms with Crippen LogP contribution in [0.25, 0.3) is 22.2 Å². The summed E-state index contributed by atoms with van der Waals surface area (Å²) < 4.78 is 10.3. The third-order valence-electron chi connectivity index (χ3n) is 5.16. The number of carbonyl (C=O) groups excluding carboxylic acids is 2. The molecule has 0 saturated heterocycles. The maximum absolute atomic E-state index is 12.6. The first-order chi connectivity index (χ1) is 16.0. The molecule has 0 unspecified atom stereocenters. The highest BCUT2D eigenvalue weighted by Crippen LogP contribution is 2.37. The summed E-state index contributed by atoms with van der Waals surface area (Å²) in [6.45, 7) is 0. The van der Waals surface area contributed by atoms with Gasteiger partial charge in [-0.1, -0.05) is 18.2 Å². The van der Waals surface area contributed by atoms with E-state index in [4.69, 9.17) is 9.47 Å². The van der Waals surface area contributed by atoms with Crippen LogP contribution in [0.1, 0.15) is 20.7 Å². The molecule has 8 nitrogen and oxygen atoms in total. The minimum atomic E-state index is -0.465. The van der Waals surface area contributed by atoms with Gasteiger partial charge in [-0.2, -0.15) is 0 Å². The highest BCUT2D eigenvalue weighted by atomic mass is 16.5. The predicted octanol–water partition coefficient (Wildman–Crippen LogP) is 4.20. The number of aromatic nitrogens is 2. The minimum Gasteiger partial charge on any atom is -0.496 e. The maximum Gasteiger partial charge on any atom is 0.339 e. The number of nitrogens with one attached hydrogen (secondary N) is 2. The second-order valence-corrected chi connectivity index (χ2v) is 7.11. The molecule has 8 heteroatoms. The topological polar surface area (TPSA) is 102 Å². The van der Waals surface area contributed by atoms with Crippen molar-refractivity contribution < 1.29 is 19.1 Å². The van der Waals surface area contributed by atoms with Gasteiger partial charge in [0.1, 0.15) is 5.75 Å². The molecule has 0 aliphatic carbocycles. The van der Waals surface area contributed by atoms with Crippen LogP contribution in [0.15, 0.2) is 67.0 Å². The second kappa shape index (κ2) is 9.35. The zero-order valence-corrected chi connectivity index (χ0v) is 18.4. The van der Waals surface area contributed by atoms with E-state index in [1.165, 1.54) is 19.5 Å². The summed E-state index contributed by atoms with van der Waals surface area (Å²) in [5.41, 5.74) is 4.11. The molecule has 4 rings (SSSR count). The summed E-state index contributed by atoms with van der Waals surface area (Å²) in [7, 11) is 4.46. The van der Waals surface area contributed by atoms with E-state index in [-0.39, 0.29) is 5.91 Å². The molecule has 4 aromatic rings. The number of amides is 1. The largest absolute Gasteiger partial charge is 0.496 e. The van der Waals surface area contributed by atoms with Gasteiger partial charge >= 0.3 is 5.97 Å². The highest BCUT2D eigenvalue weighted by molar-refractivity contribution is 6.09. The molecule has 0 saturated carbocycles. The lowest BCUT2D eigenvalue weighted by Crippen LogP contribution is -2.19. The lowest BCUT2D eigenvalue weighted by Gasteiger charge is -2.16. The number of hydrogen-bond acceptors (Lipinski definition) is 7. The maximum atomic E-state index is 12.6. The first-order valence-electron chi connectivity index (χ1n) is 10.2. The van der Waals surface area contributed by atoms with Crippen LogP contribution in [0.2, 0.25) is 0 Å². The van der Waals surface area contributed by atoms with E-state index >= 15 is 0 Å². The third-order valence-corrected chi connectivity index (χ3v) is 5.16. The van der Waals surface area contributed by atoms with Crippen molar-refractivity contribution in [1.29, 1.82) is 0 Å². The minimum absolute atomic E-state index is 0.263. The van der Waals surface area contributed by atoms with E-state index in [0.29, 0.717) is 39.3 Å². The number of rotatable bonds is 6. The third kappa shape index (κ3) is 4.31. The van der Waals surface area contributed by atoms with Gasteiger partial charge < -0.3 is 20.1 Å². The molecule has 0 fully saturated rings. The summed E-state index contributed by atoms with van der Waals surface area (Å²) >= 11 is 0. The molecule has 0 spiro atoms. The van der Waals surface area contributed by atoms with E-state index < -0.39 is 5.97 Å². The zero-order chi connectivity index (χ0) is 23.4. The van der Waals surface area contributed by atoms with Crippen molar-refractivity contribution in [3.63, 3.8) is 0 Å². The number of benzene rings is 2. The Morgan fingerprint density at radius 3 is 2.36 bits per heavy atom. The molecule has 0 atom stereocenters. The normalized spacial score (nSPS) is 10.5. The average Bonchev–Trinajstić information content (AvgIpc) is 2.87. The Morgan fingerprint density at radius 2 is 1.73 bits per heavy atom. The number of esters is 1. The Morgan fingerprint density at radius 1 is 0.939 bits per heavy atom. The molecule has 0 radical (unpaired) electrons. The second-order valence-electron chi connectivity index (χ2n) is 7.11. The van der Waals surface area contributed by atoms with Gasteiger partial charge in [0.2, 0.25) is 0 Å². The van der Waals surface area contributed by atoms with E-state index in [0.717, 1.165) is 11.1 Å². The molecule has 0 aliphatic heterocycles. The molecular weight excluding hydrogens is 420 g/mol. The first kappa shape index (κ1) is 21.8. The van der Waals surface area contributed by atoms with E-state index in [1.54, 1.807) is 32.4 Å². The van der Waals surface area contributed by atoms with Crippen molar-refractivity contribution >= 4 is 34.2 Å². The monoisotopic (exact) mass is 442 g/mol. The quantitative estimate of drug-likeness (QED) is 0.432. The number of carbonyl (C=O) groups is 2. The molecule has 2 aromatic heterocycles. The fourth-order valence-electron chi connectivity index (χ4n) is 3.49. The van der Waals surface area contributed by atoms with Gasteiger partial charge in [0.15, 0.2) is 0 Å². The number of hydrogen-bond donors (Lipinski definition) is 2. The van der Waals surface area contributed by atoms with Gasteiger partial charge in [-0.3, -0.25) is 14.8 Å². The van der Waals surface area contributed by atoms with Crippen LogP contribution in [-0.2, 0) is 4.74 Å². The van der Waals surface area contributed by atoms with Gasteiger partial charge in [0.25, 0.3) is 5.91 Å². The van der Waals surface area contributed by atoms with Crippen molar-refractivity contribution in [3.8, 4) is 17.0 Å². The lowest BCUT2D eigenvalue weighted by atomic mass is 10.0. The Hall–Kier alpha value is -4.46. The zero-order valence-electron chi connectivity index (χ0n) is 18.4. The van der Waals surface area contributed by atoms with Crippen LogP contribution >= 0.6 is 0 Å². The molecule has 0 bridgehead atoms. The SMILES string of the molecule is CNC(=O)c1cnc2cc(OC)c(-c3ccc(C(=O)OC)cn3)cc2c1Nc1ccccc1. The molecule has 2 aromatic carbocycles. The number of anilines is 2. The van der Waals surface area contributed by atoms with Crippen LogP contribution in [0, 0.1) is 0 Å². The molecule has 2 heterocycles. The predicted molar refractivity (Wildman–Crippen MR) is 126 cm³/mol. The Bertz CT molecular complexity index is 1320. The van der Waals surface area contributed by atoms with Crippen molar-refractivity contribution in [2.45, 2.75) is 0 Å². The number of fused-ring (bicyclic) bond motifs is 1. The van der Waals surface area contributed by atoms with Gasteiger partial charge in [-0.25, -0.2) is 4.79 Å².